The van der Waals surface area contributed by atoms with Crippen molar-refractivity contribution in [2.75, 3.05) is 13.1 Å². The fraction of sp³-hybridized carbons (Fsp3) is 0.591. The molecule has 0 bridgehead atoms. The summed E-state index contributed by atoms with van der Waals surface area (Å²) in [7, 11) is 0. The minimum atomic E-state index is -2.38. The van der Waals surface area contributed by atoms with Gasteiger partial charge in [0.15, 0.2) is 6.04 Å². The molecule has 2 N–H and O–H groups in total. The van der Waals surface area contributed by atoms with E-state index in [9.17, 15) is 23.5 Å². The lowest BCUT2D eigenvalue weighted by molar-refractivity contribution is -0.394. The van der Waals surface area contributed by atoms with Gasteiger partial charge >= 0.3 is 11.8 Å². The summed E-state index contributed by atoms with van der Waals surface area (Å²) in [6, 6.07) is 4.68. The van der Waals surface area contributed by atoms with Crippen LogP contribution in [0.15, 0.2) is 18.2 Å². The molecule has 2 amide bonds. The molecule has 1 aliphatic carbocycles. The SMILES string of the molecule is CCN(CC(F)F)C1CCCC1Oc1ccc2c(c1)CN(C1CCC(=O)[NH+]=C1O)C2=O. The Kier molecular flexibility index (Phi) is 6.22. The second-order valence-corrected chi connectivity index (χ2v) is 8.37. The number of amides is 2. The number of fused-ring (bicyclic) bond motifs is 1. The first-order chi connectivity index (χ1) is 14.9. The predicted molar refractivity (Wildman–Crippen MR) is 108 cm³/mol. The molecule has 31 heavy (non-hydrogen) atoms. The molecule has 3 atom stereocenters. The molecule has 0 saturated heterocycles. The number of likely N-dealkylation sites (N-methyl/N-ethyl adjacent to an activating group) is 1. The number of benzene rings is 1. The molecule has 1 aromatic carbocycles. The van der Waals surface area contributed by atoms with Crippen LogP contribution in [0.1, 0.15) is 54.9 Å². The number of hydrogen-bond donors (Lipinski definition) is 2. The van der Waals surface area contributed by atoms with E-state index in [2.05, 4.69) is 4.99 Å². The van der Waals surface area contributed by atoms with E-state index in [4.69, 9.17) is 4.74 Å². The van der Waals surface area contributed by atoms with E-state index in [0.29, 0.717) is 30.8 Å². The van der Waals surface area contributed by atoms with Crippen LogP contribution in [0.2, 0.25) is 0 Å². The van der Waals surface area contributed by atoms with Gasteiger partial charge in [0.1, 0.15) is 11.9 Å². The van der Waals surface area contributed by atoms with Gasteiger partial charge in [-0.15, -0.1) is 4.99 Å². The minimum Gasteiger partial charge on any atom is -0.489 e. The highest BCUT2D eigenvalue weighted by Gasteiger charge is 2.41. The average Bonchev–Trinajstić information content (AvgIpc) is 3.30. The van der Waals surface area contributed by atoms with Crippen molar-refractivity contribution < 1.29 is 33.2 Å². The van der Waals surface area contributed by atoms with Gasteiger partial charge in [0, 0.05) is 18.2 Å². The number of nitrogens with one attached hydrogen (secondary N) is 1. The second kappa shape index (κ2) is 8.90. The van der Waals surface area contributed by atoms with Crippen LogP contribution in [-0.2, 0) is 11.3 Å². The number of aliphatic hydroxyl groups is 1. The third-order valence-electron chi connectivity index (χ3n) is 6.47. The van der Waals surface area contributed by atoms with Crippen LogP contribution < -0.4 is 9.73 Å². The maximum absolute atomic E-state index is 12.9. The van der Waals surface area contributed by atoms with Gasteiger partial charge < -0.3 is 14.7 Å². The molecule has 0 radical (unpaired) electrons. The number of aliphatic hydroxyl groups excluding tert-OH is 1. The monoisotopic (exact) mass is 436 g/mol. The molecule has 2 heterocycles. The van der Waals surface area contributed by atoms with E-state index in [1.807, 2.05) is 13.0 Å². The van der Waals surface area contributed by atoms with Crippen molar-refractivity contribution in [3.8, 4) is 5.75 Å². The highest BCUT2D eigenvalue weighted by Crippen LogP contribution is 2.33. The van der Waals surface area contributed by atoms with Crippen LogP contribution in [0, 0.1) is 0 Å². The predicted octanol–water partition coefficient (Wildman–Crippen LogP) is 1.26. The molecular formula is C22H28F2N3O4+. The molecule has 0 spiro atoms. The summed E-state index contributed by atoms with van der Waals surface area (Å²) in [6.45, 7) is 2.48. The topological polar surface area (TPSA) is 84.1 Å². The Hall–Kier alpha value is -2.55. The van der Waals surface area contributed by atoms with Crippen LogP contribution in [0.4, 0.5) is 8.78 Å². The lowest BCUT2D eigenvalue weighted by atomic mass is 10.1. The molecule has 168 valence electrons. The Bertz CT molecular complexity index is 892. The summed E-state index contributed by atoms with van der Waals surface area (Å²) in [4.78, 5) is 30.0. The van der Waals surface area contributed by atoms with E-state index in [-0.39, 0.29) is 42.8 Å². The number of rotatable bonds is 7. The molecule has 1 fully saturated rings. The Morgan fingerprint density at radius 1 is 1.29 bits per heavy atom. The van der Waals surface area contributed by atoms with Gasteiger partial charge in [0.05, 0.1) is 13.0 Å². The molecule has 7 nitrogen and oxygen atoms in total. The Morgan fingerprint density at radius 2 is 2.10 bits per heavy atom. The number of halogens is 2. The van der Waals surface area contributed by atoms with Gasteiger partial charge in [-0.05, 0) is 56.0 Å². The van der Waals surface area contributed by atoms with E-state index >= 15 is 0 Å². The van der Waals surface area contributed by atoms with Crippen molar-refractivity contribution >= 4 is 17.7 Å². The van der Waals surface area contributed by atoms with Crippen molar-refractivity contribution in [1.82, 2.24) is 9.80 Å². The van der Waals surface area contributed by atoms with Gasteiger partial charge in [-0.2, -0.15) is 0 Å². The number of hydrogen-bond acceptors (Lipinski definition) is 4. The maximum atomic E-state index is 12.9. The first kappa shape index (κ1) is 21.7. The second-order valence-electron chi connectivity index (χ2n) is 8.37. The lowest BCUT2D eigenvalue weighted by Gasteiger charge is -2.32. The largest absolute Gasteiger partial charge is 0.489 e. The Labute approximate surface area is 179 Å². The van der Waals surface area contributed by atoms with E-state index < -0.39 is 12.5 Å². The number of nitrogens with zero attached hydrogens (tertiary/aromatic N) is 2. The fourth-order valence-corrected chi connectivity index (χ4v) is 4.95. The third kappa shape index (κ3) is 4.42. The maximum Gasteiger partial charge on any atom is 0.388 e. The highest BCUT2D eigenvalue weighted by atomic mass is 19.3. The molecule has 3 aliphatic rings. The zero-order chi connectivity index (χ0) is 22.1. The number of carbonyl (C=O) groups is 2. The molecule has 4 rings (SSSR count). The summed E-state index contributed by atoms with van der Waals surface area (Å²) in [6.07, 6.45) is 0.629. The molecule has 9 heteroatoms. The van der Waals surface area contributed by atoms with Crippen molar-refractivity contribution in [2.45, 2.75) is 70.2 Å². The van der Waals surface area contributed by atoms with Crippen LogP contribution >= 0.6 is 0 Å². The van der Waals surface area contributed by atoms with Gasteiger partial charge in [-0.25, -0.2) is 13.6 Å². The smallest absolute Gasteiger partial charge is 0.388 e. The van der Waals surface area contributed by atoms with Crippen molar-refractivity contribution in [1.29, 1.82) is 0 Å². The number of ether oxygens (including phenoxy) is 1. The van der Waals surface area contributed by atoms with Crippen molar-refractivity contribution in [2.24, 2.45) is 0 Å². The quantitative estimate of drug-likeness (QED) is 0.672. The zero-order valence-corrected chi connectivity index (χ0v) is 17.5. The summed E-state index contributed by atoms with van der Waals surface area (Å²) < 4.78 is 32.1. The highest BCUT2D eigenvalue weighted by molar-refractivity contribution is 6.01. The fourth-order valence-electron chi connectivity index (χ4n) is 4.95. The van der Waals surface area contributed by atoms with Crippen LogP contribution in [0.3, 0.4) is 0 Å². The van der Waals surface area contributed by atoms with Gasteiger partial charge in [0.25, 0.3) is 12.3 Å². The summed E-state index contributed by atoms with van der Waals surface area (Å²) in [5.41, 5.74) is 1.34. The van der Waals surface area contributed by atoms with Gasteiger partial charge in [0.2, 0.25) is 0 Å². The van der Waals surface area contributed by atoms with E-state index in [0.717, 1.165) is 24.8 Å². The first-order valence-corrected chi connectivity index (χ1v) is 10.9. The van der Waals surface area contributed by atoms with Crippen LogP contribution in [0.25, 0.3) is 0 Å². The summed E-state index contributed by atoms with van der Waals surface area (Å²) >= 11 is 0. The third-order valence-corrected chi connectivity index (χ3v) is 6.47. The summed E-state index contributed by atoms with van der Waals surface area (Å²) in [5, 5.41) is 10.1. The zero-order valence-electron chi connectivity index (χ0n) is 17.5. The standard InChI is InChI=1S/C22H27F2N3O4/c1-2-26(12-19(23)24)16-4-3-5-18(16)31-14-6-7-15-13(10-14)11-27(22(15)30)17-8-9-20(28)25-21(17)29/h6-7,10,16-19H,2-5,8-9,11-12H2,1H3,(H,25,28,29)/p+1. The Balaban J connectivity index is 1.47. The summed E-state index contributed by atoms with van der Waals surface area (Å²) in [5.74, 6) is -0.0281. The minimum absolute atomic E-state index is 0.0530. The number of carbonyl (C=O) groups excluding carboxylic acids is 2. The normalized spacial score (nSPS) is 26.0. The number of alkyl halides is 2. The lowest BCUT2D eigenvalue weighted by Crippen LogP contribution is -2.82. The molecular weight excluding hydrogens is 408 g/mol. The Morgan fingerprint density at radius 3 is 2.81 bits per heavy atom. The first-order valence-electron chi connectivity index (χ1n) is 10.9. The average molecular weight is 436 g/mol. The molecule has 2 aliphatic heterocycles. The van der Waals surface area contributed by atoms with Gasteiger partial charge in [-0.1, -0.05) is 6.92 Å². The molecule has 1 aromatic rings. The van der Waals surface area contributed by atoms with E-state index in [1.165, 1.54) is 0 Å². The van der Waals surface area contributed by atoms with Gasteiger partial charge in [-0.3, -0.25) is 9.69 Å². The molecule has 3 unspecified atom stereocenters. The van der Waals surface area contributed by atoms with Crippen molar-refractivity contribution in [3.63, 3.8) is 0 Å². The van der Waals surface area contributed by atoms with Crippen LogP contribution in [0.5, 0.6) is 5.75 Å². The van der Waals surface area contributed by atoms with E-state index in [1.54, 1.807) is 21.9 Å². The van der Waals surface area contributed by atoms with Crippen LogP contribution in [-0.4, -0.2) is 70.3 Å². The van der Waals surface area contributed by atoms with Crippen molar-refractivity contribution in [3.05, 3.63) is 29.3 Å². The molecule has 0 aromatic heterocycles. The molecule has 1 saturated carbocycles.